The molecule has 1 saturated heterocycles. The number of pyridine rings is 2. The summed E-state index contributed by atoms with van der Waals surface area (Å²) in [6.45, 7) is 2.16. The van der Waals surface area contributed by atoms with Crippen molar-refractivity contribution in [2.75, 3.05) is 31.1 Å². The number of aryl methyl sites for hydroxylation is 1. The molecule has 140 valence electrons. The van der Waals surface area contributed by atoms with Crippen LogP contribution in [0.1, 0.15) is 15.9 Å². The van der Waals surface area contributed by atoms with Gasteiger partial charge in [-0.1, -0.05) is 18.2 Å². The van der Waals surface area contributed by atoms with Crippen molar-refractivity contribution in [1.29, 1.82) is 5.26 Å². The number of nitriles is 1. The van der Waals surface area contributed by atoms with Crippen molar-refractivity contribution in [2.24, 2.45) is 7.05 Å². The summed E-state index contributed by atoms with van der Waals surface area (Å²) in [5.41, 5.74) is 1.91. The smallest absolute Gasteiger partial charge is 0.270 e. The summed E-state index contributed by atoms with van der Waals surface area (Å²) in [5, 5.41) is 10.5. The van der Waals surface area contributed by atoms with Gasteiger partial charge in [0.1, 0.15) is 11.6 Å². The molecule has 1 aliphatic heterocycles. The zero-order valence-electron chi connectivity index (χ0n) is 15.5. The van der Waals surface area contributed by atoms with Gasteiger partial charge in [0.25, 0.3) is 11.5 Å². The first-order valence-corrected chi connectivity index (χ1v) is 9.08. The fraction of sp³-hybridized carbons (Fsp3) is 0.238. The Morgan fingerprint density at radius 2 is 1.75 bits per heavy atom. The van der Waals surface area contributed by atoms with Crippen LogP contribution < -0.4 is 10.5 Å². The lowest BCUT2D eigenvalue weighted by molar-refractivity contribution is 0.0746. The molecule has 0 radical (unpaired) electrons. The van der Waals surface area contributed by atoms with E-state index in [1.807, 2.05) is 29.2 Å². The van der Waals surface area contributed by atoms with Crippen LogP contribution in [0.5, 0.6) is 0 Å². The molecule has 3 heterocycles. The molecule has 1 fully saturated rings. The first kappa shape index (κ1) is 17.7. The van der Waals surface area contributed by atoms with Crippen molar-refractivity contribution >= 4 is 22.5 Å². The molecule has 4 rings (SSSR count). The number of para-hydroxylation sites is 1. The van der Waals surface area contributed by atoms with E-state index in [1.165, 1.54) is 4.57 Å². The number of benzene rings is 1. The molecule has 1 aromatic carbocycles. The maximum atomic E-state index is 12.7. The van der Waals surface area contributed by atoms with Crippen molar-refractivity contribution in [3.8, 4) is 6.07 Å². The Kier molecular flexibility index (Phi) is 4.53. The molecule has 0 aliphatic carbocycles. The third-order valence-electron chi connectivity index (χ3n) is 5.20. The highest BCUT2D eigenvalue weighted by atomic mass is 16.2. The molecule has 0 bridgehead atoms. The second-order valence-corrected chi connectivity index (χ2v) is 6.73. The summed E-state index contributed by atoms with van der Waals surface area (Å²) < 4.78 is 1.51. The number of fused-ring (bicyclic) bond motifs is 1. The second-order valence-electron chi connectivity index (χ2n) is 6.73. The molecule has 1 amide bonds. The van der Waals surface area contributed by atoms with Crippen molar-refractivity contribution in [3.05, 3.63) is 70.3 Å². The summed E-state index contributed by atoms with van der Waals surface area (Å²) in [5.74, 6) is -0.0311. The molecular formula is C21H19N5O2. The Morgan fingerprint density at radius 1 is 1.07 bits per heavy atom. The maximum absolute atomic E-state index is 12.7. The molecule has 3 aromatic rings. The van der Waals surface area contributed by atoms with E-state index in [1.54, 1.807) is 36.5 Å². The Bertz CT molecular complexity index is 1140. The number of carbonyl (C=O) groups is 1. The van der Waals surface area contributed by atoms with E-state index < -0.39 is 0 Å². The van der Waals surface area contributed by atoms with Crippen LogP contribution in [-0.4, -0.2) is 46.5 Å². The second kappa shape index (κ2) is 7.16. The molecule has 7 nitrogen and oxygen atoms in total. The van der Waals surface area contributed by atoms with Crippen LogP contribution in [-0.2, 0) is 7.05 Å². The lowest BCUT2D eigenvalue weighted by Gasteiger charge is -2.37. The van der Waals surface area contributed by atoms with Crippen LogP contribution in [0.15, 0.2) is 53.6 Å². The highest BCUT2D eigenvalue weighted by Crippen LogP contribution is 2.29. The lowest BCUT2D eigenvalue weighted by Crippen LogP contribution is -2.49. The van der Waals surface area contributed by atoms with E-state index in [0.29, 0.717) is 37.4 Å². The van der Waals surface area contributed by atoms with Gasteiger partial charge < -0.3 is 14.4 Å². The first-order valence-electron chi connectivity index (χ1n) is 9.08. The fourth-order valence-corrected chi connectivity index (χ4v) is 3.72. The highest BCUT2D eigenvalue weighted by Gasteiger charge is 2.26. The minimum absolute atomic E-state index is 0.0311. The maximum Gasteiger partial charge on any atom is 0.270 e. The largest absolute Gasteiger partial charge is 0.366 e. The van der Waals surface area contributed by atoms with Gasteiger partial charge >= 0.3 is 0 Å². The third-order valence-corrected chi connectivity index (χ3v) is 5.20. The Balaban J connectivity index is 1.66. The van der Waals surface area contributed by atoms with Crippen molar-refractivity contribution in [1.82, 2.24) is 14.5 Å². The van der Waals surface area contributed by atoms with Gasteiger partial charge in [-0.3, -0.25) is 14.6 Å². The zero-order valence-corrected chi connectivity index (χ0v) is 15.5. The standard InChI is InChI=1S/C21H19N5O2/c1-24-18-5-3-2-4-16(18)19(17(14-22)21(24)28)25-10-12-26(13-11-25)20(27)15-6-8-23-9-7-15/h2-9H,10-13H2,1H3. The molecule has 0 saturated carbocycles. The summed E-state index contributed by atoms with van der Waals surface area (Å²) >= 11 is 0. The minimum atomic E-state index is -0.300. The average molecular weight is 373 g/mol. The molecule has 0 N–H and O–H groups in total. The van der Waals surface area contributed by atoms with Gasteiger partial charge in [0.15, 0.2) is 0 Å². The molecule has 0 spiro atoms. The van der Waals surface area contributed by atoms with Gasteiger partial charge in [-0.25, -0.2) is 0 Å². The van der Waals surface area contributed by atoms with Crippen molar-refractivity contribution in [3.63, 3.8) is 0 Å². The van der Waals surface area contributed by atoms with E-state index in [-0.39, 0.29) is 17.0 Å². The number of rotatable bonds is 2. The number of carbonyl (C=O) groups excluding carboxylic acids is 1. The van der Waals surface area contributed by atoms with Crippen LogP contribution in [0.25, 0.3) is 10.9 Å². The van der Waals surface area contributed by atoms with Gasteiger partial charge in [0.05, 0.1) is 11.2 Å². The van der Waals surface area contributed by atoms with E-state index >= 15 is 0 Å². The Morgan fingerprint density at radius 3 is 2.43 bits per heavy atom. The van der Waals surface area contributed by atoms with Crippen LogP contribution in [0, 0.1) is 11.3 Å². The molecule has 2 aromatic heterocycles. The number of anilines is 1. The summed E-state index contributed by atoms with van der Waals surface area (Å²) in [6, 6.07) is 13.1. The summed E-state index contributed by atoms with van der Waals surface area (Å²) in [7, 11) is 1.68. The monoisotopic (exact) mass is 373 g/mol. The molecular weight excluding hydrogens is 354 g/mol. The van der Waals surface area contributed by atoms with Crippen molar-refractivity contribution < 1.29 is 4.79 Å². The predicted octanol–water partition coefficient (Wildman–Crippen LogP) is 1.77. The number of hydrogen-bond donors (Lipinski definition) is 0. The van der Waals surface area contributed by atoms with Crippen LogP contribution in [0.2, 0.25) is 0 Å². The molecule has 0 atom stereocenters. The number of aromatic nitrogens is 2. The SMILES string of the molecule is Cn1c(=O)c(C#N)c(N2CCN(C(=O)c3ccncc3)CC2)c2ccccc21. The Hall–Kier alpha value is -3.66. The number of amides is 1. The fourth-order valence-electron chi connectivity index (χ4n) is 3.72. The van der Waals surface area contributed by atoms with E-state index in [9.17, 15) is 14.9 Å². The van der Waals surface area contributed by atoms with Gasteiger partial charge in [-0.05, 0) is 18.2 Å². The third kappa shape index (κ3) is 2.89. The number of piperazine rings is 1. The Labute approximate surface area is 162 Å². The molecule has 7 heteroatoms. The normalized spacial score (nSPS) is 14.1. The summed E-state index contributed by atoms with van der Waals surface area (Å²) in [4.78, 5) is 33.1. The van der Waals surface area contributed by atoms with Gasteiger partial charge in [0, 0.05) is 56.6 Å². The lowest BCUT2D eigenvalue weighted by atomic mass is 10.1. The van der Waals surface area contributed by atoms with E-state index in [0.717, 1.165) is 10.9 Å². The van der Waals surface area contributed by atoms with Gasteiger partial charge in [-0.2, -0.15) is 5.26 Å². The molecule has 0 unspecified atom stereocenters. The van der Waals surface area contributed by atoms with E-state index in [4.69, 9.17) is 0 Å². The minimum Gasteiger partial charge on any atom is -0.366 e. The topological polar surface area (TPSA) is 82.2 Å². The van der Waals surface area contributed by atoms with E-state index in [2.05, 4.69) is 11.1 Å². The van der Waals surface area contributed by atoms with Crippen molar-refractivity contribution in [2.45, 2.75) is 0 Å². The molecule has 28 heavy (non-hydrogen) atoms. The quantitative estimate of drug-likeness (QED) is 0.684. The average Bonchev–Trinajstić information content (AvgIpc) is 2.76. The number of nitrogens with zero attached hydrogens (tertiary/aromatic N) is 5. The highest BCUT2D eigenvalue weighted by molar-refractivity contribution is 5.96. The van der Waals surface area contributed by atoms with Gasteiger partial charge in [-0.15, -0.1) is 0 Å². The zero-order chi connectivity index (χ0) is 19.7. The van der Waals surface area contributed by atoms with Gasteiger partial charge in [0.2, 0.25) is 0 Å². The van der Waals surface area contributed by atoms with Crippen LogP contribution in [0.3, 0.4) is 0 Å². The van der Waals surface area contributed by atoms with Crippen LogP contribution in [0.4, 0.5) is 5.69 Å². The number of hydrogen-bond acceptors (Lipinski definition) is 5. The predicted molar refractivity (Wildman–Crippen MR) is 106 cm³/mol. The summed E-state index contributed by atoms with van der Waals surface area (Å²) in [6.07, 6.45) is 3.21. The van der Waals surface area contributed by atoms with Crippen LogP contribution >= 0.6 is 0 Å². The first-order chi connectivity index (χ1) is 13.6. The molecule has 1 aliphatic rings.